The molecule has 2 aliphatic rings. The highest BCUT2D eigenvalue weighted by Crippen LogP contribution is 2.51. The van der Waals surface area contributed by atoms with Gasteiger partial charge in [-0.2, -0.15) is 0 Å². The maximum atomic E-state index is 10.8. The van der Waals surface area contributed by atoms with Gasteiger partial charge >= 0.3 is 5.97 Å². The monoisotopic (exact) mass is 197 g/mol. The van der Waals surface area contributed by atoms with E-state index in [0.29, 0.717) is 12.3 Å². The van der Waals surface area contributed by atoms with E-state index in [4.69, 9.17) is 5.11 Å². The van der Waals surface area contributed by atoms with Crippen molar-refractivity contribution in [3.05, 3.63) is 0 Å². The molecule has 0 amide bonds. The lowest BCUT2D eigenvalue weighted by Crippen LogP contribution is -2.45. The summed E-state index contributed by atoms with van der Waals surface area (Å²) in [4.78, 5) is 13.1. The zero-order chi connectivity index (χ0) is 10.3. The molecule has 0 spiro atoms. The molecule has 80 valence electrons. The van der Waals surface area contributed by atoms with E-state index in [1.165, 1.54) is 12.8 Å². The van der Waals surface area contributed by atoms with E-state index in [9.17, 15) is 4.79 Å². The third-order valence-electron chi connectivity index (χ3n) is 4.29. The molecule has 0 aromatic heterocycles. The lowest BCUT2D eigenvalue weighted by atomic mass is 9.80. The van der Waals surface area contributed by atoms with Gasteiger partial charge in [0.2, 0.25) is 0 Å². The van der Waals surface area contributed by atoms with Crippen LogP contribution < -0.4 is 0 Å². The van der Waals surface area contributed by atoms with Gasteiger partial charge in [0.1, 0.15) is 0 Å². The molecule has 3 nitrogen and oxygen atoms in total. The molecule has 1 aliphatic carbocycles. The van der Waals surface area contributed by atoms with Crippen molar-refractivity contribution >= 4 is 5.97 Å². The van der Waals surface area contributed by atoms with E-state index in [1.54, 1.807) is 0 Å². The fraction of sp³-hybridized carbons (Fsp3) is 0.909. The van der Waals surface area contributed by atoms with Gasteiger partial charge in [-0.1, -0.05) is 0 Å². The highest BCUT2D eigenvalue weighted by molar-refractivity contribution is 5.67. The molecule has 1 aliphatic heterocycles. The summed E-state index contributed by atoms with van der Waals surface area (Å²) in [5, 5.41) is 8.88. The van der Waals surface area contributed by atoms with Crippen LogP contribution in [0.2, 0.25) is 0 Å². The Labute approximate surface area is 85.1 Å². The predicted octanol–water partition coefficient (Wildman–Crippen LogP) is 1.58. The van der Waals surface area contributed by atoms with Crippen LogP contribution in [0.4, 0.5) is 0 Å². The van der Waals surface area contributed by atoms with E-state index >= 15 is 0 Å². The van der Waals surface area contributed by atoms with Crippen LogP contribution in [0.25, 0.3) is 0 Å². The number of carboxylic acids is 1. The van der Waals surface area contributed by atoms with E-state index in [2.05, 4.69) is 18.9 Å². The van der Waals surface area contributed by atoms with Crippen molar-refractivity contribution in [3.8, 4) is 0 Å². The summed E-state index contributed by atoms with van der Waals surface area (Å²) in [5.41, 5.74) is 0.165. The van der Waals surface area contributed by atoms with Crippen LogP contribution in [0.3, 0.4) is 0 Å². The zero-order valence-electron chi connectivity index (χ0n) is 8.99. The maximum Gasteiger partial charge on any atom is 0.303 e. The van der Waals surface area contributed by atoms with Crippen LogP contribution in [0, 0.1) is 11.8 Å². The standard InChI is InChI=1S/C11H19NO2/c1-11(8-3-4-8)9(7-10(13)14)5-6-12(11)2/h8-9H,3-7H2,1-2H3,(H,13,14). The first kappa shape index (κ1) is 9.97. The normalized spacial score (nSPS) is 38.9. The Morgan fingerprint density at radius 2 is 2.14 bits per heavy atom. The average molecular weight is 197 g/mol. The number of carbonyl (C=O) groups is 1. The minimum Gasteiger partial charge on any atom is -0.481 e. The van der Waals surface area contributed by atoms with Crippen molar-refractivity contribution in [3.63, 3.8) is 0 Å². The van der Waals surface area contributed by atoms with Gasteiger partial charge in [0.25, 0.3) is 0 Å². The summed E-state index contributed by atoms with van der Waals surface area (Å²) < 4.78 is 0. The summed E-state index contributed by atoms with van der Waals surface area (Å²) >= 11 is 0. The van der Waals surface area contributed by atoms with Crippen molar-refractivity contribution in [1.82, 2.24) is 4.90 Å². The van der Waals surface area contributed by atoms with Crippen molar-refractivity contribution in [2.45, 2.75) is 38.1 Å². The van der Waals surface area contributed by atoms with Gasteiger partial charge in [-0.25, -0.2) is 0 Å². The Balaban J connectivity index is 2.12. The van der Waals surface area contributed by atoms with Crippen LogP contribution in [0.15, 0.2) is 0 Å². The summed E-state index contributed by atoms with van der Waals surface area (Å²) in [6, 6.07) is 0. The molecule has 1 heterocycles. The SMILES string of the molecule is CN1CCC(CC(=O)O)C1(C)C1CC1. The van der Waals surface area contributed by atoms with Crippen LogP contribution in [-0.4, -0.2) is 35.1 Å². The fourth-order valence-electron chi connectivity index (χ4n) is 3.03. The molecule has 2 rings (SSSR count). The minimum absolute atomic E-state index is 0.165. The molecule has 1 saturated heterocycles. The number of hydrogen-bond donors (Lipinski definition) is 1. The lowest BCUT2D eigenvalue weighted by Gasteiger charge is -2.37. The van der Waals surface area contributed by atoms with Gasteiger partial charge in [0, 0.05) is 12.0 Å². The van der Waals surface area contributed by atoms with Gasteiger partial charge in [0.15, 0.2) is 0 Å². The molecule has 0 aromatic rings. The van der Waals surface area contributed by atoms with E-state index in [1.807, 2.05) is 0 Å². The molecule has 0 bridgehead atoms. The highest BCUT2D eigenvalue weighted by atomic mass is 16.4. The average Bonchev–Trinajstić information content (AvgIpc) is 2.89. The second-order valence-electron chi connectivity index (χ2n) is 5.01. The number of carboxylic acid groups (broad SMARTS) is 1. The summed E-state index contributed by atoms with van der Waals surface area (Å²) in [6.07, 6.45) is 3.97. The van der Waals surface area contributed by atoms with Gasteiger partial charge < -0.3 is 10.0 Å². The second-order valence-corrected chi connectivity index (χ2v) is 5.01. The van der Waals surface area contributed by atoms with Crippen molar-refractivity contribution in [1.29, 1.82) is 0 Å². The Hall–Kier alpha value is -0.570. The lowest BCUT2D eigenvalue weighted by molar-refractivity contribution is -0.138. The third-order valence-corrected chi connectivity index (χ3v) is 4.29. The number of rotatable bonds is 3. The Morgan fingerprint density at radius 1 is 1.50 bits per heavy atom. The van der Waals surface area contributed by atoms with Gasteiger partial charge in [0.05, 0.1) is 0 Å². The van der Waals surface area contributed by atoms with Gasteiger partial charge in [-0.05, 0) is 51.6 Å². The van der Waals surface area contributed by atoms with Crippen LogP contribution in [0.5, 0.6) is 0 Å². The Morgan fingerprint density at radius 3 is 2.64 bits per heavy atom. The van der Waals surface area contributed by atoms with E-state index in [0.717, 1.165) is 18.9 Å². The second kappa shape index (κ2) is 3.23. The molecule has 2 fully saturated rings. The number of aliphatic carboxylic acids is 1. The molecule has 1 saturated carbocycles. The third kappa shape index (κ3) is 1.44. The Bertz CT molecular complexity index is 250. The first-order valence-electron chi connectivity index (χ1n) is 5.48. The first-order chi connectivity index (χ1) is 6.55. The smallest absolute Gasteiger partial charge is 0.303 e. The quantitative estimate of drug-likeness (QED) is 0.746. The molecular weight excluding hydrogens is 178 g/mol. The van der Waals surface area contributed by atoms with Crippen LogP contribution in [-0.2, 0) is 4.79 Å². The van der Waals surface area contributed by atoms with Crippen LogP contribution in [0.1, 0.15) is 32.6 Å². The number of hydrogen-bond acceptors (Lipinski definition) is 2. The highest BCUT2D eigenvalue weighted by Gasteiger charge is 2.52. The van der Waals surface area contributed by atoms with Gasteiger partial charge in [-0.3, -0.25) is 4.79 Å². The predicted molar refractivity (Wildman–Crippen MR) is 54.1 cm³/mol. The van der Waals surface area contributed by atoms with Gasteiger partial charge in [-0.15, -0.1) is 0 Å². The van der Waals surface area contributed by atoms with Crippen LogP contribution >= 0.6 is 0 Å². The first-order valence-corrected chi connectivity index (χ1v) is 5.48. The molecule has 3 heteroatoms. The van der Waals surface area contributed by atoms with E-state index in [-0.39, 0.29) is 5.54 Å². The molecule has 1 N–H and O–H groups in total. The zero-order valence-corrected chi connectivity index (χ0v) is 8.99. The fourth-order valence-corrected chi connectivity index (χ4v) is 3.03. The molecule has 14 heavy (non-hydrogen) atoms. The van der Waals surface area contributed by atoms with Crippen molar-refractivity contribution in [2.24, 2.45) is 11.8 Å². The number of nitrogens with zero attached hydrogens (tertiary/aromatic N) is 1. The summed E-state index contributed by atoms with van der Waals surface area (Å²) in [7, 11) is 2.14. The van der Waals surface area contributed by atoms with Crippen molar-refractivity contribution < 1.29 is 9.90 Å². The topological polar surface area (TPSA) is 40.5 Å². The number of likely N-dealkylation sites (tertiary alicyclic amines) is 1. The van der Waals surface area contributed by atoms with E-state index < -0.39 is 5.97 Å². The minimum atomic E-state index is -0.642. The molecule has 0 aromatic carbocycles. The molecule has 2 unspecified atom stereocenters. The summed E-state index contributed by atoms with van der Waals surface area (Å²) in [5.74, 6) is 0.467. The largest absolute Gasteiger partial charge is 0.481 e. The molecule has 2 atom stereocenters. The molecule has 0 radical (unpaired) electrons. The van der Waals surface area contributed by atoms with Crippen molar-refractivity contribution in [2.75, 3.05) is 13.6 Å². The molecular formula is C11H19NO2. The Kier molecular flexibility index (Phi) is 2.30. The maximum absolute atomic E-state index is 10.8. The summed E-state index contributed by atoms with van der Waals surface area (Å²) in [6.45, 7) is 3.32.